The lowest BCUT2D eigenvalue weighted by molar-refractivity contribution is -0.134. The van der Waals surface area contributed by atoms with Gasteiger partial charge in [0.1, 0.15) is 10.0 Å². The van der Waals surface area contributed by atoms with Crippen molar-refractivity contribution in [3.63, 3.8) is 0 Å². The van der Waals surface area contributed by atoms with E-state index in [1.54, 1.807) is 34.0 Å². The molecular weight excluding hydrogens is 843 g/mol. The average Bonchev–Trinajstić information content (AvgIpc) is 4.07. The summed E-state index contributed by atoms with van der Waals surface area (Å²) in [4.78, 5) is 44.6. The highest BCUT2D eigenvalue weighted by Crippen LogP contribution is 2.39. The smallest absolute Gasteiger partial charge is 0.223 e. The molecule has 2 amide bonds. The van der Waals surface area contributed by atoms with Crippen molar-refractivity contribution >= 4 is 61.8 Å². The van der Waals surface area contributed by atoms with Gasteiger partial charge in [0, 0.05) is 70.9 Å². The first-order chi connectivity index (χ1) is 28.5. The van der Waals surface area contributed by atoms with Crippen LogP contribution in [0.5, 0.6) is 0 Å². The molecule has 2 aliphatic heterocycles. The summed E-state index contributed by atoms with van der Waals surface area (Å²) >= 11 is 8.60. The first-order valence-corrected chi connectivity index (χ1v) is 23.2. The van der Waals surface area contributed by atoms with Crippen LogP contribution in [-0.4, -0.2) is 36.6 Å². The Morgan fingerprint density at radius 3 is 1.71 bits per heavy atom. The molecule has 2 aliphatic rings. The van der Waals surface area contributed by atoms with Crippen molar-refractivity contribution in [2.45, 2.75) is 76.5 Å². The number of hydrogen-bond acceptors (Lipinski definition) is 8. The normalized spacial score (nSPS) is 17.3. The van der Waals surface area contributed by atoms with Gasteiger partial charge in [0.2, 0.25) is 11.8 Å². The molecule has 0 saturated carbocycles. The van der Waals surface area contributed by atoms with Gasteiger partial charge in [0.25, 0.3) is 0 Å². The average molecular weight is 887 g/mol. The maximum absolute atomic E-state index is 13.2. The number of nitrogens with zero attached hydrogens (tertiary/aromatic N) is 5. The zero-order valence-corrected chi connectivity index (χ0v) is 36.1. The largest absolute Gasteiger partial charge is 0.331 e. The van der Waals surface area contributed by atoms with Crippen LogP contribution in [0.4, 0.5) is 0 Å². The fraction of sp³-hybridized carbons (Fsp3) is 0.255. The molecule has 2 unspecified atom stereocenters. The second kappa shape index (κ2) is 19.3. The van der Waals surface area contributed by atoms with Crippen LogP contribution in [0.2, 0.25) is 0 Å². The molecule has 294 valence electrons. The second-order valence-corrected chi connectivity index (χ2v) is 18.1. The van der Waals surface area contributed by atoms with E-state index in [0.29, 0.717) is 25.9 Å². The van der Waals surface area contributed by atoms with Crippen molar-refractivity contribution < 1.29 is 9.59 Å². The molecule has 11 heteroatoms. The van der Waals surface area contributed by atoms with Crippen LogP contribution in [0.3, 0.4) is 0 Å². The molecule has 58 heavy (non-hydrogen) atoms. The predicted octanol–water partition coefficient (Wildman–Crippen LogP) is 12.8. The van der Waals surface area contributed by atoms with E-state index in [9.17, 15) is 9.59 Å². The zero-order chi connectivity index (χ0) is 39.7. The summed E-state index contributed by atoms with van der Waals surface area (Å²) in [5.74, 6) is 0.481. The van der Waals surface area contributed by atoms with E-state index in [0.717, 1.165) is 80.1 Å². The quantitative estimate of drug-likeness (QED) is 0.144. The van der Waals surface area contributed by atoms with Gasteiger partial charge in [-0.1, -0.05) is 108 Å². The maximum atomic E-state index is 13.2. The summed E-state index contributed by atoms with van der Waals surface area (Å²) < 4.78 is 1.08. The molecule has 0 N–H and O–H groups in total. The number of aromatic nitrogens is 3. The number of rotatable bonds is 9. The van der Waals surface area contributed by atoms with Crippen LogP contribution in [-0.2, 0) is 22.7 Å². The van der Waals surface area contributed by atoms with Crippen LogP contribution in [0, 0.1) is 0 Å². The molecule has 0 radical (unpaired) electrons. The molecule has 0 spiro atoms. The molecule has 7 nitrogen and oxygen atoms in total. The Kier molecular flexibility index (Phi) is 13.3. The Morgan fingerprint density at radius 2 is 1.17 bits per heavy atom. The fourth-order valence-corrected chi connectivity index (χ4v) is 10.5. The second-order valence-electron chi connectivity index (χ2n) is 14.6. The monoisotopic (exact) mass is 885 g/mol. The summed E-state index contributed by atoms with van der Waals surface area (Å²) in [6.45, 7) is 1.24. The third-order valence-electron chi connectivity index (χ3n) is 10.8. The number of carbonyl (C=O) groups is 2. The summed E-state index contributed by atoms with van der Waals surface area (Å²) in [5.41, 5.74) is 9.98. The first-order valence-electron chi connectivity index (χ1n) is 19.8. The summed E-state index contributed by atoms with van der Waals surface area (Å²) in [7, 11) is 0. The van der Waals surface area contributed by atoms with Crippen LogP contribution in [0.1, 0.15) is 85.7 Å². The van der Waals surface area contributed by atoms with Gasteiger partial charge in [-0.3, -0.25) is 14.6 Å². The minimum Gasteiger partial charge on any atom is -0.331 e. The predicted molar refractivity (Wildman–Crippen MR) is 240 cm³/mol. The Labute approximate surface area is 360 Å². The molecule has 2 atom stereocenters. The lowest BCUT2D eigenvalue weighted by Gasteiger charge is -2.32. The number of carbonyl (C=O) groups excluding carboxylic acids is 2. The minimum absolute atomic E-state index is 0.0665. The minimum atomic E-state index is 0.0665. The van der Waals surface area contributed by atoms with Gasteiger partial charge in [-0.25, -0.2) is 9.97 Å². The van der Waals surface area contributed by atoms with E-state index in [1.807, 2.05) is 40.9 Å². The number of amides is 2. The summed E-state index contributed by atoms with van der Waals surface area (Å²) in [6, 6.07) is 33.8. The van der Waals surface area contributed by atoms with Gasteiger partial charge in [0.05, 0.1) is 22.5 Å². The fourth-order valence-electron chi connectivity index (χ4n) is 8.05. The molecule has 2 saturated heterocycles. The van der Waals surface area contributed by atoms with Crippen LogP contribution in [0.15, 0.2) is 136 Å². The lowest BCUT2D eigenvalue weighted by Crippen LogP contribution is -2.33. The number of hydrogen-bond donors (Lipinski definition) is 0. The molecular formula is C47H44BrN5O2S3. The Hall–Kier alpha value is -4.81. The van der Waals surface area contributed by atoms with Crippen molar-refractivity contribution in [3.8, 4) is 31.6 Å². The van der Waals surface area contributed by atoms with Crippen LogP contribution < -0.4 is 0 Å². The Morgan fingerprint density at radius 1 is 0.621 bits per heavy atom. The van der Waals surface area contributed by atoms with Crippen molar-refractivity contribution in [1.29, 1.82) is 0 Å². The SMILES string of the molecule is O=C1CCCCC(c2ccccc2-c2cncs2)N1Cc1cccc(-c2nccs2)c1.O=C1CCCCC(c2ccccc2Br)N1Cc1cccc(-c2nccs2)c1. The van der Waals surface area contributed by atoms with E-state index in [4.69, 9.17) is 0 Å². The van der Waals surface area contributed by atoms with Crippen molar-refractivity contribution in [3.05, 3.63) is 159 Å². The van der Waals surface area contributed by atoms with E-state index in [1.165, 1.54) is 16.7 Å². The van der Waals surface area contributed by atoms with Crippen molar-refractivity contribution in [1.82, 2.24) is 24.8 Å². The third kappa shape index (κ3) is 9.55. The highest BCUT2D eigenvalue weighted by molar-refractivity contribution is 9.10. The Balaban J connectivity index is 0.000000164. The highest BCUT2D eigenvalue weighted by Gasteiger charge is 2.31. The highest BCUT2D eigenvalue weighted by atomic mass is 79.9. The maximum Gasteiger partial charge on any atom is 0.223 e. The zero-order valence-electron chi connectivity index (χ0n) is 32.1. The standard InChI is InChI=1S/C25H23N3OS2.C22H21BrN2OS/c29-24-11-4-3-10-22(20-8-1-2-9-21(20)23-15-26-17-31-23)28(24)16-18-6-5-7-19(14-18)25-27-12-13-30-25;23-19-9-2-1-8-18(19)20-10-3-4-11-21(26)25(20)15-16-6-5-7-17(14-16)22-24-12-13-27-22/h1-2,5-9,12-15,17,22H,3-4,10-11,16H2;1-2,5-9,12-14,20H,3-4,10-11,15H2. The van der Waals surface area contributed by atoms with Gasteiger partial charge < -0.3 is 9.80 Å². The number of likely N-dealkylation sites (tertiary alicyclic amines) is 2. The molecule has 9 rings (SSSR count). The number of thiazole rings is 3. The third-order valence-corrected chi connectivity index (χ3v) is 14.0. The van der Waals surface area contributed by atoms with Gasteiger partial charge in [0.15, 0.2) is 0 Å². The van der Waals surface area contributed by atoms with Crippen LogP contribution >= 0.6 is 49.9 Å². The summed E-state index contributed by atoms with van der Waals surface area (Å²) in [6.07, 6.45) is 12.9. The van der Waals surface area contributed by atoms with Gasteiger partial charge >= 0.3 is 0 Å². The van der Waals surface area contributed by atoms with E-state index in [2.05, 4.69) is 132 Å². The number of halogens is 1. The van der Waals surface area contributed by atoms with E-state index < -0.39 is 0 Å². The van der Waals surface area contributed by atoms with Crippen molar-refractivity contribution in [2.24, 2.45) is 0 Å². The van der Waals surface area contributed by atoms with Crippen LogP contribution in [0.25, 0.3) is 31.6 Å². The lowest BCUT2D eigenvalue weighted by atomic mass is 9.94. The van der Waals surface area contributed by atoms with Gasteiger partial charge in [-0.15, -0.1) is 34.0 Å². The van der Waals surface area contributed by atoms with Crippen molar-refractivity contribution in [2.75, 3.05) is 0 Å². The van der Waals surface area contributed by atoms with Gasteiger partial charge in [-0.2, -0.15) is 0 Å². The van der Waals surface area contributed by atoms with E-state index in [-0.39, 0.29) is 23.9 Å². The number of benzene rings is 4. The first kappa shape index (κ1) is 40.0. The molecule has 2 fully saturated rings. The Bertz CT molecular complexity index is 2420. The molecule has 5 heterocycles. The van der Waals surface area contributed by atoms with E-state index >= 15 is 0 Å². The molecule has 4 aromatic carbocycles. The molecule has 7 aromatic rings. The van der Waals surface area contributed by atoms with Gasteiger partial charge in [-0.05, 0) is 71.7 Å². The topological polar surface area (TPSA) is 79.3 Å². The molecule has 3 aromatic heterocycles. The summed E-state index contributed by atoms with van der Waals surface area (Å²) in [5, 5.41) is 6.01. The molecule has 0 bridgehead atoms. The molecule has 0 aliphatic carbocycles.